The summed E-state index contributed by atoms with van der Waals surface area (Å²) in [5, 5.41) is 20.9. The van der Waals surface area contributed by atoms with Crippen LogP contribution in [0.4, 0.5) is 0 Å². The van der Waals surface area contributed by atoms with E-state index >= 15 is 0 Å². The zero-order chi connectivity index (χ0) is 20.8. The van der Waals surface area contributed by atoms with Gasteiger partial charge in [-0.2, -0.15) is 0 Å². The maximum Gasteiger partial charge on any atom is 0.313 e. The highest BCUT2D eigenvalue weighted by atomic mass is 16.6. The van der Waals surface area contributed by atoms with Gasteiger partial charge in [0.1, 0.15) is 0 Å². The predicted molar refractivity (Wildman–Crippen MR) is 101 cm³/mol. The van der Waals surface area contributed by atoms with Crippen LogP contribution in [0.1, 0.15) is 58.1 Å². The highest BCUT2D eigenvalue weighted by Crippen LogP contribution is 2.32. The molecule has 0 saturated carbocycles. The molecule has 1 aromatic rings. The molecule has 1 aromatic carbocycles. The summed E-state index contributed by atoms with van der Waals surface area (Å²) in [5.74, 6) is -1.62. The average Bonchev–Trinajstić information content (AvgIpc) is 2.60. The van der Waals surface area contributed by atoms with Crippen LogP contribution in [-0.2, 0) is 26.2 Å². The quantitative estimate of drug-likeness (QED) is 0.378. The Bertz CT molecular complexity index is 699. The fraction of sp³-hybridized carbons (Fsp3) is 0.600. The lowest BCUT2D eigenvalue weighted by molar-refractivity contribution is -0.561. The van der Waals surface area contributed by atoms with E-state index in [4.69, 9.17) is 4.74 Å². The molecule has 0 radical (unpaired) electrons. The number of carbonyl (C=O) groups is 2. The summed E-state index contributed by atoms with van der Waals surface area (Å²) >= 11 is 0. The highest BCUT2D eigenvalue weighted by Gasteiger charge is 2.37. The Balaban J connectivity index is 2.99. The Kier molecular flexibility index (Phi) is 7.51. The molecule has 7 heteroatoms. The van der Waals surface area contributed by atoms with Gasteiger partial charge >= 0.3 is 11.9 Å². The maximum atomic E-state index is 12.0. The van der Waals surface area contributed by atoms with Gasteiger partial charge in [-0.3, -0.25) is 19.7 Å². The minimum Gasteiger partial charge on any atom is -0.481 e. The fourth-order valence-corrected chi connectivity index (χ4v) is 3.02. The molecule has 0 aliphatic heterocycles. The molecule has 0 fully saturated rings. The molecule has 0 heterocycles. The first-order chi connectivity index (χ1) is 12.4. The first-order valence-electron chi connectivity index (χ1n) is 8.99. The van der Waals surface area contributed by atoms with E-state index < -0.39 is 16.9 Å². The first kappa shape index (κ1) is 22.6. The number of aliphatic carboxylic acids is 1. The molecular formula is C20H29NO6. The van der Waals surface area contributed by atoms with Crippen molar-refractivity contribution in [1.82, 2.24) is 0 Å². The number of ether oxygens (including phenoxy) is 1. The van der Waals surface area contributed by atoms with Crippen LogP contribution in [0.5, 0.6) is 0 Å². The smallest absolute Gasteiger partial charge is 0.313 e. The number of methoxy groups -OCH3 is 1. The summed E-state index contributed by atoms with van der Waals surface area (Å²) in [4.78, 5) is 34.3. The zero-order valence-corrected chi connectivity index (χ0v) is 16.7. The average molecular weight is 379 g/mol. The lowest BCUT2D eigenvalue weighted by Crippen LogP contribution is -2.35. The second-order valence-electron chi connectivity index (χ2n) is 7.89. The second-order valence-corrected chi connectivity index (χ2v) is 7.89. The second kappa shape index (κ2) is 8.97. The Labute approximate surface area is 159 Å². The number of carboxylic acid groups (broad SMARTS) is 1. The van der Waals surface area contributed by atoms with Gasteiger partial charge in [0.05, 0.1) is 18.4 Å². The molecule has 1 rings (SSSR count). The topological polar surface area (TPSA) is 107 Å². The van der Waals surface area contributed by atoms with Gasteiger partial charge in [-0.05, 0) is 37.3 Å². The lowest BCUT2D eigenvalue weighted by Gasteiger charge is -2.27. The zero-order valence-electron chi connectivity index (χ0n) is 16.7. The Hall–Kier alpha value is -2.44. The van der Waals surface area contributed by atoms with Crippen LogP contribution in [0.15, 0.2) is 24.3 Å². The Morgan fingerprint density at radius 2 is 1.89 bits per heavy atom. The van der Waals surface area contributed by atoms with Crippen molar-refractivity contribution in [1.29, 1.82) is 0 Å². The number of nitro groups is 1. The number of hydrogen-bond acceptors (Lipinski definition) is 5. The monoisotopic (exact) mass is 379 g/mol. The van der Waals surface area contributed by atoms with Gasteiger partial charge in [0, 0.05) is 25.2 Å². The van der Waals surface area contributed by atoms with Gasteiger partial charge in [0.25, 0.3) is 0 Å². The van der Waals surface area contributed by atoms with Crippen LogP contribution in [-0.4, -0.2) is 34.6 Å². The number of carbonyl (C=O) groups excluding carboxylic acids is 1. The third kappa shape index (κ3) is 5.77. The number of nitrogens with zero attached hydrogens (tertiary/aromatic N) is 1. The van der Waals surface area contributed by atoms with Gasteiger partial charge < -0.3 is 9.84 Å². The van der Waals surface area contributed by atoms with Crippen molar-refractivity contribution >= 4 is 11.9 Å². The lowest BCUT2D eigenvalue weighted by atomic mass is 9.76. The van der Waals surface area contributed by atoms with E-state index in [1.165, 1.54) is 7.11 Å². The minimum absolute atomic E-state index is 0.287. The van der Waals surface area contributed by atoms with Gasteiger partial charge in [0.15, 0.2) is 0 Å². The molecule has 0 saturated heterocycles. The highest BCUT2D eigenvalue weighted by molar-refractivity contribution is 5.81. The molecule has 2 atom stereocenters. The van der Waals surface area contributed by atoms with E-state index in [0.717, 1.165) is 5.56 Å². The molecule has 0 bridgehead atoms. The van der Waals surface area contributed by atoms with Gasteiger partial charge in [-0.1, -0.05) is 31.2 Å². The third-order valence-corrected chi connectivity index (χ3v) is 5.14. The van der Waals surface area contributed by atoms with Crippen molar-refractivity contribution in [3.8, 4) is 0 Å². The van der Waals surface area contributed by atoms with Crippen LogP contribution in [0.3, 0.4) is 0 Å². The molecule has 7 nitrogen and oxygen atoms in total. The van der Waals surface area contributed by atoms with Crippen LogP contribution in [0, 0.1) is 16.0 Å². The Morgan fingerprint density at radius 3 is 2.41 bits per heavy atom. The van der Waals surface area contributed by atoms with Crippen molar-refractivity contribution in [3.05, 3.63) is 45.5 Å². The fourth-order valence-electron chi connectivity index (χ4n) is 3.02. The Morgan fingerprint density at radius 1 is 1.26 bits per heavy atom. The van der Waals surface area contributed by atoms with Gasteiger partial charge in [0.2, 0.25) is 5.54 Å². The maximum absolute atomic E-state index is 12.0. The summed E-state index contributed by atoms with van der Waals surface area (Å²) in [6.07, 6.45) is 1.45. The first-order valence-corrected chi connectivity index (χ1v) is 8.99. The summed E-state index contributed by atoms with van der Waals surface area (Å²) in [7, 11) is 1.34. The molecule has 1 N–H and O–H groups in total. The van der Waals surface area contributed by atoms with Crippen LogP contribution in [0.25, 0.3) is 0 Å². The minimum atomic E-state index is -1.16. The molecule has 0 spiro atoms. The standard InChI is InChI=1S/C20H29NO6/c1-14(17(22)27-5)12-15-8-6-9-16(13-15)20(4,18(23)24)11-7-10-19(2,3)21(25)26/h6,8-9,13-14H,7,10-12H2,1-5H3,(H,23,24)/t14-,20?/m0/s1. The van der Waals surface area contributed by atoms with E-state index in [2.05, 4.69) is 0 Å². The van der Waals surface area contributed by atoms with E-state index in [1.807, 2.05) is 6.07 Å². The van der Waals surface area contributed by atoms with Gasteiger partial charge in [-0.25, -0.2) is 0 Å². The van der Waals surface area contributed by atoms with E-state index in [0.29, 0.717) is 24.8 Å². The van der Waals surface area contributed by atoms with E-state index in [-0.39, 0.29) is 23.2 Å². The molecular weight excluding hydrogens is 350 g/mol. The van der Waals surface area contributed by atoms with Gasteiger partial charge in [-0.15, -0.1) is 0 Å². The van der Waals surface area contributed by atoms with Crippen molar-refractivity contribution in [2.75, 3.05) is 7.11 Å². The SMILES string of the molecule is COC(=O)[C@@H](C)Cc1cccc(C(C)(CCCC(C)(C)[N+](=O)[O-])C(=O)O)c1. The number of esters is 1. The van der Waals surface area contributed by atoms with Crippen LogP contribution < -0.4 is 0 Å². The summed E-state index contributed by atoms with van der Waals surface area (Å²) < 4.78 is 4.74. The van der Waals surface area contributed by atoms with Crippen molar-refractivity contribution < 1.29 is 24.4 Å². The number of carboxylic acids is 1. The molecule has 0 aromatic heterocycles. The van der Waals surface area contributed by atoms with Crippen molar-refractivity contribution in [2.24, 2.45) is 5.92 Å². The molecule has 1 unspecified atom stereocenters. The molecule has 27 heavy (non-hydrogen) atoms. The summed E-state index contributed by atoms with van der Waals surface area (Å²) in [6, 6.07) is 7.17. The largest absolute Gasteiger partial charge is 0.481 e. The number of rotatable bonds is 10. The normalized spacial score (nSPS) is 14.9. The molecule has 0 amide bonds. The van der Waals surface area contributed by atoms with Crippen LogP contribution in [0.2, 0.25) is 0 Å². The molecule has 150 valence electrons. The third-order valence-electron chi connectivity index (χ3n) is 5.14. The molecule has 0 aliphatic rings. The predicted octanol–water partition coefficient (Wildman–Crippen LogP) is 3.61. The van der Waals surface area contributed by atoms with Crippen LogP contribution >= 0.6 is 0 Å². The van der Waals surface area contributed by atoms with Crippen molar-refractivity contribution in [3.63, 3.8) is 0 Å². The number of benzene rings is 1. The van der Waals surface area contributed by atoms with E-state index in [1.54, 1.807) is 45.9 Å². The summed E-state index contributed by atoms with van der Waals surface area (Å²) in [5.41, 5.74) is -0.763. The number of hydrogen-bond donors (Lipinski definition) is 1. The summed E-state index contributed by atoms with van der Waals surface area (Å²) in [6.45, 7) is 6.48. The molecule has 0 aliphatic carbocycles. The van der Waals surface area contributed by atoms with E-state index in [9.17, 15) is 24.8 Å². The van der Waals surface area contributed by atoms with Crippen molar-refractivity contribution in [2.45, 2.75) is 64.3 Å².